The van der Waals surface area contributed by atoms with Gasteiger partial charge in [-0.05, 0) is 45.7 Å². The third-order valence-corrected chi connectivity index (χ3v) is 4.76. The molecule has 4 heteroatoms. The number of hydrogen-bond donors (Lipinski definition) is 2. The second kappa shape index (κ2) is 9.78. The van der Waals surface area contributed by atoms with Crippen LogP contribution in [0.3, 0.4) is 0 Å². The molecule has 2 aliphatic rings. The van der Waals surface area contributed by atoms with Crippen molar-refractivity contribution < 1.29 is 9.84 Å². The van der Waals surface area contributed by atoms with Crippen molar-refractivity contribution in [2.75, 3.05) is 32.8 Å². The molecule has 0 amide bonds. The molecule has 21 heavy (non-hydrogen) atoms. The maximum Gasteiger partial charge on any atom is 0.0897 e. The lowest BCUT2D eigenvalue weighted by Crippen LogP contribution is -2.44. The Hall–Kier alpha value is -0.160. The van der Waals surface area contributed by atoms with E-state index in [0.717, 1.165) is 6.54 Å². The van der Waals surface area contributed by atoms with E-state index in [0.29, 0.717) is 25.3 Å². The van der Waals surface area contributed by atoms with Gasteiger partial charge in [0.05, 0.1) is 18.8 Å². The summed E-state index contributed by atoms with van der Waals surface area (Å²) < 4.78 is 5.83. The normalized spacial score (nSPS) is 24.9. The summed E-state index contributed by atoms with van der Waals surface area (Å²) in [5.41, 5.74) is 0. The number of nitrogens with one attached hydrogen (secondary N) is 1. The number of aliphatic hydroxyl groups is 1. The first-order valence-electron chi connectivity index (χ1n) is 8.99. The summed E-state index contributed by atoms with van der Waals surface area (Å²) in [6.45, 7) is 6.90. The Bertz CT molecular complexity index is 264. The molecule has 0 bridgehead atoms. The molecule has 2 fully saturated rings. The highest BCUT2D eigenvalue weighted by atomic mass is 16.5. The molecule has 0 aromatic carbocycles. The fourth-order valence-corrected chi connectivity index (χ4v) is 3.47. The van der Waals surface area contributed by atoms with Gasteiger partial charge in [0.15, 0.2) is 0 Å². The van der Waals surface area contributed by atoms with Gasteiger partial charge in [-0.25, -0.2) is 0 Å². The SMILES string of the molecule is CC(CN1CCCCC1)NCC(O)COC1CCCCC1. The van der Waals surface area contributed by atoms with E-state index in [1.54, 1.807) is 0 Å². The van der Waals surface area contributed by atoms with Crippen LogP contribution in [0, 0.1) is 0 Å². The largest absolute Gasteiger partial charge is 0.389 e. The predicted octanol–water partition coefficient (Wildman–Crippen LogP) is 2.16. The molecule has 1 saturated carbocycles. The standard InChI is InChI=1S/C17H34N2O2/c1-15(13-19-10-6-3-7-11-19)18-12-16(20)14-21-17-8-4-2-5-9-17/h15-18,20H,2-14H2,1H3. The maximum atomic E-state index is 10.0. The Morgan fingerprint density at radius 3 is 2.48 bits per heavy atom. The lowest BCUT2D eigenvalue weighted by atomic mass is 9.98. The summed E-state index contributed by atoms with van der Waals surface area (Å²) in [6.07, 6.45) is 10.3. The van der Waals surface area contributed by atoms with Gasteiger partial charge in [0, 0.05) is 19.1 Å². The van der Waals surface area contributed by atoms with Crippen molar-refractivity contribution in [2.45, 2.75) is 76.5 Å². The second-order valence-corrected chi connectivity index (χ2v) is 6.92. The van der Waals surface area contributed by atoms with Crippen molar-refractivity contribution in [2.24, 2.45) is 0 Å². The quantitative estimate of drug-likeness (QED) is 0.721. The third kappa shape index (κ3) is 7.09. The van der Waals surface area contributed by atoms with Crippen molar-refractivity contribution >= 4 is 0 Å². The maximum absolute atomic E-state index is 10.0. The monoisotopic (exact) mass is 298 g/mol. The highest BCUT2D eigenvalue weighted by Crippen LogP contribution is 2.20. The molecule has 0 aromatic heterocycles. The van der Waals surface area contributed by atoms with Gasteiger partial charge < -0.3 is 20.1 Å². The van der Waals surface area contributed by atoms with Gasteiger partial charge in [-0.3, -0.25) is 0 Å². The predicted molar refractivity (Wildman–Crippen MR) is 86.6 cm³/mol. The van der Waals surface area contributed by atoms with Gasteiger partial charge in [-0.2, -0.15) is 0 Å². The summed E-state index contributed by atoms with van der Waals surface area (Å²) in [5.74, 6) is 0. The van der Waals surface area contributed by atoms with Crippen LogP contribution in [0.4, 0.5) is 0 Å². The summed E-state index contributed by atoms with van der Waals surface area (Å²) >= 11 is 0. The molecule has 1 aliphatic carbocycles. The molecular formula is C17H34N2O2. The average molecular weight is 298 g/mol. The van der Waals surface area contributed by atoms with E-state index < -0.39 is 0 Å². The molecule has 2 atom stereocenters. The van der Waals surface area contributed by atoms with Gasteiger partial charge in [-0.15, -0.1) is 0 Å². The van der Waals surface area contributed by atoms with Crippen LogP contribution in [0.5, 0.6) is 0 Å². The molecule has 1 saturated heterocycles. The van der Waals surface area contributed by atoms with Crippen molar-refractivity contribution in [1.82, 2.24) is 10.2 Å². The lowest BCUT2D eigenvalue weighted by Gasteiger charge is -2.30. The molecule has 0 spiro atoms. The second-order valence-electron chi connectivity index (χ2n) is 6.92. The van der Waals surface area contributed by atoms with Crippen molar-refractivity contribution in [3.05, 3.63) is 0 Å². The number of aliphatic hydroxyl groups excluding tert-OH is 1. The zero-order valence-corrected chi connectivity index (χ0v) is 13.7. The Morgan fingerprint density at radius 1 is 1.10 bits per heavy atom. The smallest absolute Gasteiger partial charge is 0.0897 e. The Labute approximate surface area is 130 Å². The number of hydrogen-bond acceptors (Lipinski definition) is 4. The summed E-state index contributed by atoms with van der Waals surface area (Å²) in [5, 5.41) is 13.5. The van der Waals surface area contributed by atoms with Crippen molar-refractivity contribution in [3.8, 4) is 0 Å². The van der Waals surface area contributed by atoms with Crippen LogP contribution >= 0.6 is 0 Å². The minimum Gasteiger partial charge on any atom is -0.389 e. The molecule has 4 nitrogen and oxygen atoms in total. The van der Waals surface area contributed by atoms with Crippen LogP contribution in [0.2, 0.25) is 0 Å². The van der Waals surface area contributed by atoms with E-state index in [1.165, 1.54) is 64.5 Å². The van der Waals surface area contributed by atoms with Crippen LogP contribution in [-0.4, -0.2) is 61.0 Å². The third-order valence-electron chi connectivity index (χ3n) is 4.76. The average Bonchev–Trinajstić information content (AvgIpc) is 2.53. The van der Waals surface area contributed by atoms with E-state index in [2.05, 4.69) is 17.1 Å². The Balaban J connectivity index is 1.51. The number of ether oxygens (including phenoxy) is 1. The van der Waals surface area contributed by atoms with Gasteiger partial charge >= 0.3 is 0 Å². The van der Waals surface area contributed by atoms with Crippen LogP contribution in [0.25, 0.3) is 0 Å². The van der Waals surface area contributed by atoms with Gasteiger partial charge in [-0.1, -0.05) is 25.7 Å². The van der Waals surface area contributed by atoms with Crippen LogP contribution in [-0.2, 0) is 4.74 Å². The molecule has 2 unspecified atom stereocenters. The Morgan fingerprint density at radius 2 is 1.76 bits per heavy atom. The fraction of sp³-hybridized carbons (Fsp3) is 1.00. The molecule has 2 rings (SSSR count). The summed E-state index contributed by atoms with van der Waals surface area (Å²) in [4.78, 5) is 2.53. The zero-order chi connectivity index (χ0) is 14.9. The first-order chi connectivity index (χ1) is 10.2. The van der Waals surface area contributed by atoms with Crippen LogP contribution in [0.15, 0.2) is 0 Å². The van der Waals surface area contributed by atoms with Crippen LogP contribution in [0.1, 0.15) is 58.3 Å². The number of likely N-dealkylation sites (tertiary alicyclic amines) is 1. The molecule has 0 aromatic rings. The molecular weight excluding hydrogens is 264 g/mol. The number of rotatable bonds is 8. The van der Waals surface area contributed by atoms with Crippen molar-refractivity contribution in [3.63, 3.8) is 0 Å². The number of piperidine rings is 1. The molecule has 0 radical (unpaired) electrons. The van der Waals surface area contributed by atoms with E-state index in [1.807, 2.05) is 0 Å². The van der Waals surface area contributed by atoms with Crippen molar-refractivity contribution in [1.29, 1.82) is 0 Å². The Kier molecular flexibility index (Phi) is 8.01. The summed E-state index contributed by atoms with van der Waals surface area (Å²) in [7, 11) is 0. The minimum absolute atomic E-state index is 0.379. The van der Waals surface area contributed by atoms with Gasteiger partial charge in [0.25, 0.3) is 0 Å². The zero-order valence-electron chi connectivity index (χ0n) is 13.7. The topological polar surface area (TPSA) is 44.7 Å². The van der Waals surface area contributed by atoms with Gasteiger partial charge in [0.1, 0.15) is 0 Å². The fourth-order valence-electron chi connectivity index (χ4n) is 3.47. The molecule has 2 N–H and O–H groups in total. The van der Waals surface area contributed by atoms with E-state index >= 15 is 0 Å². The number of nitrogens with zero attached hydrogens (tertiary/aromatic N) is 1. The van der Waals surface area contributed by atoms with E-state index in [4.69, 9.17) is 4.74 Å². The van der Waals surface area contributed by atoms with E-state index in [-0.39, 0.29) is 6.10 Å². The van der Waals surface area contributed by atoms with Gasteiger partial charge in [0.2, 0.25) is 0 Å². The van der Waals surface area contributed by atoms with E-state index in [9.17, 15) is 5.11 Å². The lowest BCUT2D eigenvalue weighted by molar-refractivity contribution is -0.0237. The molecule has 1 aliphatic heterocycles. The first kappa shape index (κ1) is 17.2. The molecule has 124 valence electrons. The highest BCUT2D eigenvalue weighted by Gasteiger charge is 2.17. The highest BCUT2D eigenvalue weighted by molar-refractivity contribution is 4.73. The minimum atomic E-state index is -0.379. The summed E-state index contributed by atoms with van der Waals surface area (Å²) in [6, 6.07) is 0.437. The molecule has 1 heterocycles. The first-order valence-corrected chi connectivity index (χ1v) is 8.99. The van der Waals surface area contributed by atoms with Crippen LogP contribution < -0.4 is 5.32 Å².